The Kier molecular flexibility index (Phi) is 6.06. The average Bonchev–Trinajstić information content (AvgIpc) is 2.63. The second kappa shape index (κ2) is 8.67. The standard InChI is InChI=1S/C18H22ClN5O/c1-25-15-9-7-14(8-10-15)21-18-23-16(19)22-17(24-18)20-12-11-13-5-3-2-4-6-13/h5,7-10H,2-4,6,11-12H2,1H3,(H2,20,21,22,23,24). The fourth-order valence-corrected chi connectivity index (χ4v) is 2.92. The Morgan fingerprint density at radius 1 is 1.08 bits per heavy atom. The number of nitrogens with one attached hydrogen (secondary N) is 2. The number of anilines is 3. The largest absolute Gasteiger partial charge is 0.497 e. The molecule has 0 unspecified atom stereocenters. The van der Waals surface area contributed by atoms with Crippen LogP contribution in [0.3, 0.4) is 0 Å². The third-order valence-corrected chi connectivity index (χ3v) is 4.24. The molecule has 1 aliphatic carbocycles. The number of allylic oxidation sites excluding steroid dienone is 1. The molecule has 3 rings (SSSR count). The van der Waals surface area contributed by atoms with Crippen LogP contribution in [-0.4, -0.2) is 28.6 Å². The van der Waals surface area contributed by atoms with E-state index in [-0.39, 0.29) is 5.28 Å². The molecule has 0 aliphatic heterocycles. The van der Waals surface area contributed by atoms with Gasteiger partial charge in [0.05, 0.1) is 7.11 Å². The highest BCUT2D eigenvalue weighted by Crippen LogP contribution is 2.21. The lowest BCUT2D eigenvalue weighted by Crippen LogP contribution is -2.09. The molecule has 1 aromatic carbocycles. The molecule has 0 saturated heterocycles. The SMILES string of the molecule is COc1ccc(Nc2nc(Cl)nc(NCCC3=CCCCC3)n2)cc1. The summed E-state index contributed by atoms with van der Waals surface area (Å²) in [6.07, 6.45) is 8.35. The highest BCUT2D eigenvalue weighted by atomic mass is 35.5. The molecule has 2 N–H and O–H groups in total. The summed E-state index contributed by atoms with van der Waals surface area (Å²) in [6.45, 7) is 0.786. The van der Waals surface area contributed by atoms with E-state index in [1.807, 2.05) is 24.3 Å². The third-order valence-electron chi connectivity index (χ3n) is 4.07. The zero-order valence-corrected chi connectivity index (χ0v) is 15.0. The van der Waals surface area contributed by atoms with E-state index in [4.69, 9.17) is 16.3 Å². The Hall–Kier alpha value is -2.34. The fourth-order valence-electron chi connectivity index (χ4n) is 2.76. The number of halogens is 1. The van der Waals surface area contributed by atoms with Crippen molar-refractivity contribution in [2.45, 2.75) is 32.1 Å². The van der Waals surface area contributed by atoms with Gasteiger partial charge >= 0.3 is 0 Å². The molecule has 6 nitrogen and oxygen atoms in total. The lowest BCUT2D eigenvalue weighted by molar-refractivity contribution is 0.415. The molecule has 132 valence electrons. The minimum Gasteiger partial charge on any atom is -0.497 e. The Balaban J connectivity index is 1.60. The highest BCUT2D eigenvalue weighted by Gasteiger charge is 2.07. The summed E-state index contributed by atoms with van der Waals surface area (Å²) >= 11 is 6.02. The molecule has 0 fully saturated rings. The van der Waals surface area contributed by atoms with Gasteiger partial charge in [-0.05, 0) is 68.0 Å². The quantitative estimate of drug-likeness (QED) is 0.705. The Bertz CT molecular complexity index is 733. The molecule has 7 heteroatoms. The molecule has 1 aromatic heterocycles. The third kappa shape index (κ3) is 5.32. The number of hydrogen-bond donors (Lipinski definition) is 2. The number of rotatable bonds is 7. The second-order valence-corrected chi connectivity index (χ2v) is 6.23. The first-order valence-corrected chi connectivity index (χ1v) is 8.85. The van der Waals surface area contributed by atoms with E-state index in [0.29, 0.717) is 11.9 Å². The summed E-state index contributed by atoms with van der Waals surface area (Å²) < 4.78 is 5.15. The van der Waals surface area contributed by atoms with Crippen LogP contribution in [-0.2, 0) is 0 Å². The van der Waals surface area contributed by atoms with Gasteiger partial charge in [-0.15, -0.1) is 0 Å². The number of aromatic nitrogens is 3. The smallest absolute Gasteiger partial charge is 0.233 e. The summed E-state index contributed by atoms with van der Waals surface area (Å²) in [4.78, 5) is 12.6. The maximum absolute atomic E-state index is 6.02. The summed E-state index contributed by atoms with van der Waals surface area (Å²) in [6, 6.07) is 7.50. The molecular formula is C18H22ClN5O. The van der Waals surface area contributed by atoms with Gasteiger partial charge in [-0.2, -0.15) is 15.0 Å². The van der Waals surface area contributed by atoms with Crippen molar-refractivity contribution in [1.29, 1.82) is 0 Å². The molecule has 1 heterocycles. The maximum atomic E-state index is 6.02. The number of hydrogen-bond acceptors (Lipinski definition) is 6. The van der Waals surface area contributed by atoms with Crippen LogP contribution in [0.1, 0.15) is 32.1 Å². The van der Waals surface area contributed by atoms with Crippen LogP contribution >= 0.6 is 11.6 Å². The molecule has 0 amide bonds. The molecule has 0 atom stereocenters. The van der Waals surface area contributed by atoms with Crippen LogP contribution in [0.25, 0.3) is 0 Å². The van der Waals surface area contributed by atoms with E-state index in [0.717, 1.165) is 24.4 Å². The number of ether oxygens (including phenoxy) is 1. The van der Waals surface area contributed by atoms with Crippen molar-refractivity contribution < 1.29 is 4.74 Å². The van der Waals surface area contributed by atoms with Gasteiger partial charge in [0, 0.05) is 12.2 Å². The van der Waals surface area contributed by atoms with Crippen molar-refractivity contribution in [3.8, 4) is 5.75 Å². The van der Waals surface area contributed by atoms with Crippen LogP contribution in [0, 0.1) is 0 Å². The topological polar surface area (TPSA) is 72.0 Å². The van der Waals surface area contributed by atoms with E-state index in [1.165, 1.54) is 31.3 Å². The van der Waals surface area contributed by atoms with Gasteiger partial charge < -0.3 is 15.4 Å². The molecule has 25 heavy (non-hydrogen) atoms. The van der Waals surface area contributed by atoms with E-state index >= 15 is 0 Å². The second-order valence-electron chi connectivity index (χ2n) is 5.89. The normalized spacial score (nSPS) is 13.9. The first-order valence-electron chi connectivity index (χ1n) is 8.47. The number of nitrogens with zero attached hydrogens (tertiary/aromatic N) is 3. The van der Waals surface area contributed by atoms with Crippen LogP contribution in [0.15, 0.2) is 35.9 Å². The van der Waals surface area contributed by atoms with Crippen LogP contribution in [0.2, 0.25) is 5.28 Å². The van der Waals surface area contributed by atoms with E-state index in [1.54, 1.807) is 7.11 Å². The van der Waals surface area contributed by atoms with Crippen molar-refractivity contribution in [2.75, 3.05) is 24.3 Å². The maximum Gasteiger partial charge on any atom is 0.233 e. The Morgan fingerprint density at radius 3 is 2.60 bits per heavy atom. The summed E-state index contributed by atoms with van der Waals surface area (Å²) in [5, 5.41) is 6.51. The molecule has 1 aliphatic rings. The van der Waals surface area contributed by atoms with Crippen LogP contribution in [0.4, 0.5) is 17.6 Å². The average molecular weight is 360 g/mol. The summed E-state index contributed by atoms with van der Waals surface area (Å²) in [5.74, 6) is 1.68. The zero-order valence-electron chi connectivity index (χ0n) is 14.3. The van der Waals surface area contributed by atoms with Crippen molar-refractivity contribution in [1.82, 2.24) is 15.0 Å². The molecule has 0 spiro atoms. The summed E-state index contributed by atoms with van der Waals surface area (Å²) in [5.41, 5.74) is 2.36. The first kappa shape index (κ1) is 17.5. The van der Waals surface area contributed by atoms with Crippen molar-refractivity contribution in [2.24, 2.45) is 0 Å². The highest BCUT2D eigenvalue weighted by molar-refractivity contribution is 6.28. The first-order chi connectivity index (χ1) is 12.2. The minimum absolute atomic E-state index is 0.158. The van der Waals surface area contributed by atoms with E-state index in [9.17, 15) is 0 Å². The van der Waals surface area contributed by atoms with E-state index in [2.05, 4.69) is 31.7 Å². The van der Waals surface area contributed by atoms with Gasteiger partial charge in [0.15, 0.2) is 0 Å². The number of benzene rings is 1. The van der Waals surface area contributed by atoms with Crippen molar-refractivity contribution in [3.63, 3.8) is 0 Å². The van der Waals surface area contributed by atoms with Gasteiger partial charge in [-0.25, -0.2) is 0 Å². The molecule has 2 aromatic rings. The molecule has 0 bridgehead atoms. The lowest BCUT2D eigenvalue weighted by atomic mass is 9.97. The monoisotopic (exact) mass is 359 g/mol. The van der Waals surface area contributed by atoms with Gasteiger partial charge in [-0.1, -0.05) is 11.6 Å². The Morgan fingerprint density at radius 2 is 1.88 bits per heavy atom. The zero-order chi connectivity index (χ0) is 17.5. The molecule has 0 saturated carbocycles. The minimum atomic E-state index is 0.158. The van der Waals surface area contributed by atoms with Gasteiger partial charge in [0.1, 0.15) is 5.75 Å². The van der Waals surface area contributed by atoms with Gasteiger partial charge in [0.25, 0.3) is 0 Å². The number of methoxy groups -OCH3 is 1. The predicted molar refractivity (Wildman–Crippen MR) is 101 cm³/mol. The van der Waals surface area contributed by atoms with E-state index < -0.39 is 0 Å². The lowest BCUT2D eigenvalue weighted by Gasteiger charge is -2.13. The predicted octanol–water partition coefficient (Wildman–Crippen LogP) is 4.58. The van der Waals surface area contributed by atoms with Crippen LogP contribution in [0.5, 0.6) is 5.75 Å². The molecule has 0 radical (unpaired) electrons. The van der Waals surface area contributed by atoms with Crippen molar-refractivity contribution in [3.05, 3.63) is 41.2 Å². The summed E-state index contributed by atoms with van der Waals surface area (Å²) in [7, 11) is 1.63. The van der Waals surface area contributed by atoms with Gasteiger partial charge in [0.2, 0.25) is 17.2 Å². The van der Waals surface area contributed by atoms with Crippen LogP contribution < -0.4 is 15.4 Å². The van der Waals surface area contributed by atoms with Gasteiger partial charge in [-0.3, -0.25) is 0 Å². The van der Waals surface area contributed by atoms with Crippen molar-refractivity contribution >= 4 is 29.2 Å². The molecular weight excluding hydrogens is 338 g/mol. The fraction of sp³-hybridized carbons (Fsp3) is 0.389. The Labute approximate surface area is 152 Å².